The molecule has 0 bridgehead atoms. The smallest absolute Gasteiger partial charge is 0.312 e. The van der Waals surface area contributed by atoms with Crippen molar-refractivity contribution in [3.8, 4) is 5.75 Å². The number of methoxy groups -OCH3 is 1. The number of carbonyl (C=O) groups is 1. The van der Waals surface area contributed by atoms with Gasteiger partial charge in [-0.2, -0.15) is 5.10 Å². The van der Waals surface area contributed by atoms with E-state index in [0.29, 0.717) is 13.0 Å². The average Bonchev–Trinajstić information content (AvgIpc) is 2.59. The quantitative estimate of drug-likeness (QED) is 0.614. The Hall–Kier alpha value is -0.790. The van der Waals surface area contributed by atoms with Crippen LogP contribution < -0.4 is 4.74 Å². The van der Waals surface area contributed by atoms with Crippen molar-refractivity contribution >= 4 is 28.6 Å². The van der Waals surface area contributed by atoms with Gasteiger partial charge in [-0.25, -0.2) is 0 Å². The summed E-state index contributed by atoms with van der Waals surface area (Å²) in [4.78, 5) is 11.2. The molecule has 6 heteroatoms. The number of fused-ring (bicyclic) bond motifs is 1. The molecule has 0 saturated heterocycles. The van der Waals surface area contributed by atoms with Gasteiger partial charge in [-0.3, -0.25) is 9.89 Å². The van der Waals surface area contributed by atoms with Crippen molar-refractivity contribution in [3.63, 3.8) is 0 Å². The molecule has 1 aromatic rings. The van der Waals surface area contributed by atoms with Gasteiger partial charge in [-0.05, 0) is 22.6 Å². The van der Waals surface area contributed by atoms with Crippen molar-refractivity contribution in [2.45, 2.75) is 6.42 Å². The summed E-state index contributed by atoms with van der Waals surface area (Å²) >= 11 is 2.09. The molecule has 2 rings (SSSR count). The number of hydrogen-bond donors (Lipinski definition) is 1. The van der Waals surface area contributed by atoms with Gasteiger partial charge in [-0.15, -0.1) is 0 Å². The van der Waals surface area contributed by atoms with Gasteiger partial charge in [0.2, 0.25) is 0 Å². The van der Waals surface area contributed by atoms with Crippen LogP contribution in [0, 0.1) is 9.62 Å². The fraction of sp³-hybridized carbons (Fsp3) is 0.500. The maximum absolute atomic E-state index is 11.2. The van der Waals surface area contributed by atoms with Crippen LogP contribution in [-0.2, 0) is 16.0 Å². The third-order valence-corrected chi connectivity index (χ3v) is 2.90. The summed E-state index contributed by atoms with van der Waals surface area (Å²) in [6.07, 6.45) is 0.609. The van der Waals surface area contributed by atoms with E-state index in [1.54, 1.807) is 0 Å². The Morgan fingerprint density at radius 2 is 2.57 bits per heavy atom. The largest absolute Gasteiger partial charge is 0.488 e. The highest BCUT2D eigenvalue weighted by atomic mass is 127. The molecule has 1 N–H and O–H groups in total. The molecule has 1 atom stereocenters. The summed E-state index contributed by atoms with van der Waals surface area (Å²) in [7, 11) is 1.38. The highest BCUT2D eigenvalue weighted by molar-refractivity contribution is 14.1. The Balaban J connectivity index is 2.18. The zero-order valence-corrected chi connectivity index (χ0v) is 9.70. The van der Waals surface area contributed by atoms with Gasteiger partial charge in [0.1, 0.15) is 6.61 Å². The number of hydrogen-bond acceptors (Lipinski definition) is 4. The first-order valence-electron chi connectivity index (χ1n) is 4.15. The van der Waals surface area contributed by atoms with E-state index in [4.69, 9.17) is 4.74 Å². The molecule has 0 saturated carbocycles. The van der Waals surface area contributed by atoms with Crippen LogP contribution in [0.5, 0.6) is 5.75 Å². The summed E-state index contributed by atoms with van der Waals surface area (Å²) < 4.78 is 10.9. The van der Waals surface area contributed by atoms with Gasteiger partial charge in [0.25, 0.3) is 0 Å². The minimum Gasteiger partial charge on any atom is -0.488 e. The number of esters is 1. The highest BCUT2D eigenvalue weighted by Crippen LogP contribution is 2.29. The Morgan fingerprint density at radius 1 is 1.79 bits per heavy atom. The zero-order valence-electron chi connectivity index (χ0n) is 7.54. The van der Waals surface area contributed by atoms with E-state index in [1.807, 2.05) is 0 Å². The molecule has 1 aliphatic heterocycles. The molecule has 76 valence electrons. The molecule has 1 aliphatic rings. The van der Waals surface area contributed by atoms with Crippen LogP contribution in [0.25, 0.3) is 0 Å². The van der Waals surface area contributed by atoms with Crippen LogP contribution >= 0.6 is 22.6 Å². The standard InChI is InChI=1S/C8H9IN2O3/c1-13-8(12)4-2-5-6(14-3-4)7(9)11-10-5/h4H,2-3H2,1H3,(H,10,11). The molecule has 0 aromatic carbocycles. The van der Waals surface area contributed by atoms with E-state index in [2.05, 4.69) is 37.5 Å². The Bertz CT molecular complexity index is 363. The fourth-order valence-corrected chi connectivity index (χ4v) is 2.04. The summed E-state index contributed by atoms with van der Waals surface area (Å²) in [6.45, 7) is 0.370. The zero-order chi connectivity index (χ0) is 10.1. The minimum absolute atomic E-state index is 0.219. The number of nitrogens with one attached hydrogen (secondary N) is 1. The van der Waals surface area contributed by atoms with Crippen molar-refractivity contribution in [2.75, 3.05) is 13.7 Å². The monoisotopic (exact) mass is 308 g/mol. The van der Waals surface area contributed by atoms with E-state index < -0.39 is 0 Å². The molecule has 14 heavy (non-hydrogen) atoms. The van der Waals surface area contributed by atoms with Crippen molar-refractivity contribution in [1.82, 2.24) is 10.2 Å². The molecule has 0 spiro atoms. The van der Waals surface area contributed by atoms with Crippen LogP contribution in [0.2, 0.25) is 0 Å². The lowest BCUT2D eigenvalue weighted by atomic mass is 10.0. The topological polar surface area (TPSA) is 64.2 Å². The Kier molecular flexibility index (Phi) is 2.62. The summed E-state index contributed by atoms with van der Waals surface area (Å²) in [5.74, 6) is 0.315. The van der Waals surface area contributed by atoms with Crippen molar-refractivity contribution in [2.24, 2.45) is 5.92 Å². The van der Waals surface area contributed by atoms with Gasteiger partial charge in [0, 0.05) is 6.42 Å². The maximum atomic E-state index is 11.2. The van der Waals surface area contributed by atoms with Crippen LogP contribution in [-0.4, -0.2) is 29.9 Å². The Labute approximate surface area is 94.3 Å². The molecule has 5 nitrogen and oxygen atoms in total. The van der Waals surface area contributed by atoms with E-state index in [-0.39, 0.29) is 11.9 Å². The van der Waals surface area contributed by atoms with E-state index in [1.165, 1.54) is 7.11 Å². The first-order valence-corrected chi connectivity index (χ1v) is 5.23. The summed E-state index contributed by atoms with van der Waals surface area (Å²) in [5.41, 5.74) is 0.871. The molecule has 0 radical (unpaired) electrons. The lowest BCUT2D eigenvalue weighted by molar-refractivity contribution is -0.146. The number of carbonyl (C=O) groups excluding carboxylic acids is 1. The lowest BCUT2D eigenvalue weighted by Crippen LogP contribution is -2.29. The minimum atomic E-state index is -0.236. The summed E-state index contributed by atoms with van der Waals surface area (Å²) in [6, 6.07) is 0. The third kappa shape index (κ3) is 1.58. The predicted molar refractivity (Wildman–Crippen MR) is 56.0 cm³/mol. The van der Waals surface area contributed by atoms with Gasteiger partial charge < -0.3 is 9.47 Å². The van der Waals surface area contributed by atoms with E-state index in [0.717, 1.165) is 15.1 Å². The molecule has 1 aromatic heterocycles. The number of halogens is 1. The highest BCUT2D eigenvalue weighted by Gasteiger charge is 2.29. The van der Waals surface area contributed by atoms with Gasteiger partial charge in [0.05, 0.1) is 18.7 Å². The van der Waals surface area contributed by atoms with E-state index in [9.17, 15) is 4.79 Å². The SMILES string of the molecule is COC(=O)C1COc2c(I)n[nH]c2C1. The molecule has 0 amide bonds. The molecular formula is C8H9IN2O3. The molecule has 1 unspecified atom stereocenters. The maximum Gasteiger partial charge on any atom is 0.312 e. The number of nitrogens with zero attached hydrogens (tertiary/aromatic N) is 1. The van der Waals surface area contributed by atoms with Crippen LogP contribution in [0.3, 0.4) is 0 Å². The van der Waals surface area contributed by atoms with Gasteiger partial charge in [-0.1, -0.05) is 0 Å². The second kappa shape index (κ2) is 3.76. The number of rotatable bonds is 1. The Morgan fingerprint density at radius 3 is 3.29 bits per heavy atom. The lowest BCUT2D eigenvalue weighted by Gasteiger charge is -2.20. The first kappa shape index (κ1) is 9.75. The van der Waals surface area contributed by atoms with Crippen molar-refractivity contribution in [1.29, 1.82) is 0 Å². The van der Waals surface area contributed by atoms with E-state index >= 15 is 0 Å². The number of aromatic nitrogens is 2. The predicted octanol–water partition coefficient (Wildman–Crippen LogP) is 0.738. The van der Waals surface area contributed by atoms with Gasteiger partial charge >= 0.3 is 5.97 Å². The second-order valence-corrected chi connectivity index (χ2v) is 4.08. The molecule has 0 fully saturated rings. The second-order valence-electron chi connectivity index (χ2n) is 3.06. The fourth-order valence-electron chi connectivity index (χ4n) is 1.43. The number of aromatic amines is 1. The average molecular weight is 308 g/mol. The first-order chi connectivity index (χ1) is 6.72. The normalized spacial score (nSPS) is 19.7. The van der Waals surface area contributed by atoms with Crippen LogP contribution in [0.4, 0.5) is 0 Å². The number of H-pyrrole nitrogens is 1. The van der Waals surface area contributed by atoms with Crippen LogP contribution in [0.1, 0.15) is 5.69 Å². The molecular weight excluding hydrogens is 299 g/mol. The van der Waals surface area contributed by atoms with Crippen molar-refractivity contribution < 1.29 is 14.3 Å². The molecule has 0 aliphatic carbocycles. The molecule has 2 heterocycles. The summed E-state index contributed by atoms with van der Waals surface area (Å²) in [5, 5.41) is 6.85. The number of ether oxygens (including phenoxy) is 2. The van der Waals surface area contributed by atoms with Crippen LogP contribution in [0.15, 0.2) is 0 Å². The van der Waals surface area contributed by atoms with Crippen molar-refractivity contribution in [3.05, 3.63) is 9.39 Å². The van der Waals surface area contributed by atoms with Gasteiger partial charge in [0.15, 0.2) is 9.45 Å². The third-order valence-electron chi connectivity index (χ3n) is 2.16.